The smallest absolute Gasteiger partial charge is 0.165 e. The molecule has 2 aliphatic rings. The van der Waals surface area contributed by atoms with Gasteiger partial charge in [-0.1, -0.05) is 58.3 Å². The lowest BCUT2D eigenvalue weighted by atomic mass is 9.77. The average Bonchev–Trinajstić information content (AvgIpc) is 3.44. The van der Waals surface area contributed by atoms with Gasteiger partial charge in [0.25, 0.3) is 0 Å². The number of ether oxygens (including phenoxy) is 1. The van der Waals surface area contributed by atoms with Crippen molar-refractivity contribution in [3.63, 3.8) is 0 Å². The molecule has 140 valence electrons. The van der Waals surface area contributed by atoms with Crippen LogP contribution in [0, 0.1) is 30.4 Å². The highest BCUT2D eigenvalue weighted by Crippen LogP contribution is 2.37. The maximum Gasteiger partial charge on any atom is 0.165 e. The third-order valence-electron chi connectivity index (χ3n) is 6.22. The fraction of sp³-hybridized carbons (Fsp3) is 0.727. The van der Waals surface area contributed by atoms with Gasteiger partial charge in [0, 0.05) is 5.56 Å². The van der Waals surface area contributed by atoms with E-state index in [0.717, 1.165) is 17.9 Å². The Balaban J connectivity index is 1.50. The molecular formula is C22H32F2O. The zero-order valence-corrected chi connectivity index (χ0v) is 15.8. The molecule has 0 spiro atoms. The lowest BCUT2D eigenvalue weighted by Gasteiger charge is -2.28. The average molecular weight is 350 g/mol. The maximum atomic E-state index is 14.5. The van der Waals surface area contributed by atoms with Crippen LogP contribution in [0.4, 0.5) is 8.78 Å². The first-order valence-electron chi connectivity index (χ1n) is 10.2. The predicted molar refractivity (Wildman–Crippen MR) is 97.7 cm³/mol. The van der Waals surface area contributed by atoms with Crippen LogP contribution in [-0.4, -0.2) is 6.61 Å². The van der Waals surface area contributed by atoms with Crippen molar-refractivity contribution in [1.29, 1.82) is 0 Å². The third-order valence-corrected chi connectivity index (χ3v) is 6.22. The van der Waals surface area contributed by atoms with E-state index in [1.807, 2.05) is 6.92 Å². The molecule has 1 nitrogen and oxygen atoms in total. The number of hydrogen-bond acceptors (Lipinski definition) is 1. The first kappa shape index (κ1) is 18.8. The van der Waals surface area contributed by atoms with Crippen LogP contribution in [0.5, 0.6) is 0 Å². The maximum absolute atomic E-state index is 14.5. The van der Waals surface area contributed by atoms with Crippen molar-refractivity contribution in [2.24, 2.45) is 11.8 Å². The monoisotopic (exact) mass is 350 g/mol. The number of epoxide rings is 1. The van der Waals surface area contributed by atoms with E-state index in [-0.39, 0.29) is 6.10 Å². The quantitative estimate of drug-likeness (QED) is 0.377. The van der Waals surface area contributed by atoms with Crippen LogP contribution in [-0.2, 0) is 11.2 Å². The Hall–Kier alpha value is -0.960. The van der Waals surface area contributed by atoms with Crippen LogP contribution >= 0.6 is 0 Å². The topological polar surface area (TPSA) is 12.5 Å². The lowest BCUT2D eigenvalue weighted by Crippen LogP contribution is -2.16. The molecule has 0 bridgehead atoms. The van der Waals surface area contributed by atoms with Crippen LogP contribution in [0.2, 0.25) is 0 Å². The summed E-state index contributed by atoms with van der Waals surface area (Å²) in [5.74, 6) is 0.244. The zero-order chi connectivity index (χ0) is 17.8. The van der Waals surface area contributed by atoms with Gasteiger partial charge in [0.2, 0.25) is 0 Å². The van der Waals surface area contributed by atoms with Crippen molar-refractivity contribution in [1.82, 2.24) is 0 Å². The Morgan fingerprint density at radius 3 is 2.24 bits per heavy atom. The van der Waals surface area contributed by atoms with E-state index in [0.29, 0.717) is 30.1 Å². The van der Waals surface area contributed by atoms with Gasteiger partial charge in [-0.25, -0.2) is 8.78 Å². The Morgan fingerprint density at radius 2 is 1.64 bits per heavy atom. The van der Waals surface area contributed by atoms with E-state index in [9.17, 15) is 8.78 Å². The second kappa shape index (κ2) is 8.62. The van der Waals surface area contributed by atoms with Crippen molar-refractivity contribution < 1.29 is 13.5 Å². The molecule has 2 fully saturated rings. The molecule has 1 aliphatic heterocycles. The first-order chi connectivity index (χ1) is 12.1. The van der Waals surface area contributed by atoms with Gasteiger partial charge >= 0.3 is 0 Å². The summed E-state index contributed by atoms with van der Waals surface area (Å²) in [5, 5.41) is 0. The third kappa shape index (κ3) is 4.81. The fourth-order valence-electron chi connectivity index (χ4n) is 4.43. The number of rotatable bonds is 8. The Bertz CT molecular complexity index is 572. The number of hydrogen-bond donors (Lipinski definition) is 0. The summed E-state index contributed by atoms with van der Waals surface area (Å²) in [6.45, 7) is 4.66. The molecule has 0 amide bonds. The summed E-state index contributed by atoms with van der Waals surface area (Å²) in [4.78, 5) is 0. The van der Waals surface area contributed by atoms with Crippen molar-refractivity contribution in [3.8, 4) is 0 Å². The number of halogens is 2. The van der Waals surface area contributed by atoms with Crippen LogP contribution in [0.25, 0.3) is 0 Å². The van der Waals surface area contributed by atoms with Crippen LogP contribution in [0.15, 0.2) is 6.07 Å². The zero-order valence-electron chi connectivity index (χ0n) is 15.8. The summed E-state index contributed by atoms with van der Waals surface area (Å²) in [6.07, 6.45) is 12.0. The van der Waals surface area contributed by atoms with E-state index in [1.165, 1.54) is 51.4 Å². The van der Waals surface area contributed by atoms with Crippen molar-refractivity contribution in [2.75, 3.05) is 6.61 Å². The minimum absolute atomic E-state index is 0.231. The van der Waals surface area contributed by atoms with Crippen LogP contribution < -0.4 is 0 Å². The standard InChI is InChI=1S/C22H32F2O/c1-3-4-5-6-16-7-9-17(10-8-16)11-12-18-15(2)13-19(20-14-25-20)22(24)21(18)23/h13,16-17,20H,3-12,14H2,1-2H3. The van der Waals surface area contributed by atoms with Crippen molar-refractivity contribution >= 4 is 0 Å². The molecule has 1 saturated heterocycles. The number of aryl methyl sites for hydroxylation is 1. The molecule has 0 radical (unpaired) electrons. The highest BCUT2D eigenvalue weighted by atomic mass is 19.2. The fourth-order valence-corrected chi connectivity index (χ4v) is 4.43. The molecule has 1 aliphatic carbocycles. The van der Waals surface area contributed by atoms with E-state index in [4.69, 9.17) is 4.74 Å². The van der Waals surface area contributed by atoms with Gasteiger partial charge in [-0.15, -0.1) is 0 Å². The highest BCUT2D eigenvalue weighted by molar-refractivity contribution is 5.36. The van der Waals surface area contributed by atoms with E-state index in [1.54, 1.807) is 6.07 Å². The molecule has 0 aromatic heterocycles. The van der Waals surface area contributed by atoms with Crippen molar-refractivity contribution in [2.45, 2.75) is 84.2 Å². The molecule has 1 saturated carbocycles. The predicted octanol–water partition coefficient (Wildman–Crippen LogP) is 6.66. The van der Waals surface area contributed by atoms with Crippen LogP contribution in [0.1, 0.15) is 87.5 Å². The van der Waals surface area contributed by atoms with Gasteiger partial charge in [-0.2, -0.15) is 0 Å². The molecule has 3 rings (SSSR count). The van der Waals surface area contributed by atoms with Gasteiger partial charge < -0.3 is 4.74 Å². The molecule has 1 atom stereocenters. The minimum Gasteiger partial charge on any atom is -0.368 e. The molecular weight excluding hydrogens is 318 g/mol. The van der Waals surface area contributed by atoms with Gasteiger partial charge in [-0.05, 0) is 48.8 Å². The summed E-state index contributed by atoms with van der Waals surface area (Å²) >= 11 is 0. The molecule has 1 aromatic carbocycles. The summed E-state index contributed by atoms with van der Waals surface area (Å²) in [6, 6.07) is 1.79. The second-order valence-corrected chi connectivity index (χ2v) is 8.13. The largest absolute Gasteiger partial charge is 0.368 e. The molecule has 3 heteroatoms. The molecule has 25 heavy (non-hydrogen) atoms. The molecule has 1 unspecified atom stereocenters. The van der Waals surface area contributed by atoms with Gasteiger partial charge in [0.15, 0.2) is 11.6 Å². The number of benzene rings is 1. The highest BCUT2D eigenvalue weighted by Gasteiger charge is 2.31. The van der Waals surface area contributed by atoms with E-state index >= 15 is 0 Å². The lowest BCUT2D eigenvalue weighted by molar-refractivity contribution is 0.248. The van der Waals surface area contributed by atoms with Crippen LogP contribution in [0.3, 0.4) is 0 Å². The van der Waals surface area contributed by atoms with Gasteiger partial charge in [-0.3, -0.25) is 0 Å². The van der Waals surface area contributed by atoms with Gasteiger partial charge in [0.05, 0.1) is 6.61 Å². The number of unbranched alkanes of at least 4 members (excludes halogenated alkanes) is 2. The Morgan fingerprint density at radius 1 is 1.00 bits per heavy atom. The summed E-state index contributed by atoms with van der Waals surface area (Å²) in [7, 11) is 0. The van der Waals surface area contributed by atoms with E-state index in [2.05, 4.69) is 6.92 Å². The SMILES string of the molecule is CCCCCC1CCC(CCc2c(C)cc(C3CO3)c(F)c2F)CC1. The Labute approximate surface area is 151 Å². The Kier molecular flexibility index (Phi) is 6.49. The molecule has 1 aromatic rings. The second-order valence-electron chi connectivity index (χ2n) is 8.13. The molecule has 1 heterocycles. The summed E-state index contributed by atoms with van der Waals surface area (Å²) < 4.78 is 33.8. The minimum atomic E-state index is -0.692. The van der Waals surface area contributed by atoms with Crippen molar-refractivity contribution in [3.05, 3.63) is 34.4 Å². The first-order valence-corrected chi connectivity index (χ1v) is 10.2. The van der Waals surface area contributed by atoms with E-state index < -0.39 is 11.6 Å². The normalized spacial score (nSPS) is 26.0. The molecule has 0 N–H and O–H groups in total. The summed E-state index contributed by atoms with van der Waals surface area (Å²) in [5.41, 5.74) is 1.84. The van der Waals surface area contributed by atoms with Gasteiger partial charge in [0.1, 0.15) is 6.10 Å².